The molecule has 148 valence electrons. The smallest absolute Gasteiger partial charge is 0.256 e. The van der Waals surface area contributed by atoms with E-state index in [-0.39, 0.29) is 5.91 Å². The zero-order valence-electron chi connectivity index (χ0n) is 15.9. The number of nitrogens with two attached hydrogens (primary N) is 1. The fraction of sp³-hybridized carbons (Fsp3) is 0.217. The number of thiophene rings is 1. The van der Waals surface area contributed by atoms with Crippen LogP contribution in [-0.2, 0) is 12.8 Å². The van der Waals surface area contributed by atoms with E-state index >= 15 is 0 Å². The SMILES string of the molecule is NC(=O)c1c(NC(=O)c2ccc(Oc3ccccc3)cc2)sc2c1CCCCC2. The lowest BCUT2D eigenvalue weighted by atomic mass is 10.1. The average molecular weight is 407 g/mol. The lowest BCUT2D eigenvalue weighted by molar-refractivity contribution is 0.100. The Morgan fingerprint density at radius 1 is 0.897 bits per heavy atom. The van der Waals surface area contributed by atoms with Gasteiger partial charge in [-0.05, 0) is 67.6 Å². The number of carbonyl (C=O) groups is 2. The van der Waals surface area contributed by atoms with Gasteiger partial charge in [-0.15, -0.1) is 11.3 Å². The van der Waals surface area contributed by atoms with Crippen molar-refractivity contribution in [1.82, 2.24) is 0 Å². The summed E-state index contributed by atoms with van der Waals surface area (Å²) < 4.78 is 5.76. The molecule has 6 heteroatoms. The van der Waals surface area contributed by atoms with E-state index in [0.717, 1.165) is 43.4 Å². The van der Waals surface area contributed by atoms with Crippen molar-refractivity contribution in [3.63, 3.8) is 0 Å². The molecule has 0 bridgehead atoms. The Balaban J connectivity index is 1.51. The maximum Gasteiger partial charge on any atom is 0.256 e. The maximum absolute atomic E-state index is 12.7. The number of carbonyl (C=O) groups excluding carboxylic acids is 2. The van der Waals surface area contributed by atoms with Gasteiger partial charge in [-0.25, -0.2) is 0 Å². The van der Waals surface area contributed by atoms with Crippen LogP contribution >= 0.6 is 11.3 Å². The molecule has 0 aliphatic heterocycles. The Bertz CT molecular complexity index is 1030. The molecule has 2 amide bonds. The number of fused-ring (bicyclic) bond motifs is 1. The first-order chi connectivity index (χ1) is 14.1. The molecular weight excluding hydrogens is 384 g/mol. The number of anilines is 1. The summed E-state index contributed by atoms with van der Waals surface area (Å²) in [5, 5.41) is 3.45. The summed E-state index contributed by atoms with van der Waals surface area (Å²) in [5.41, 5.74) is 7.62. The van der Waals surface area contributed by atoms with E-state index in [4.69, 9.17) is 10.5 Å². The maximum atomic E-state index is 12.7. The van der Waals surface area contributed by atoms with Gasteiger partial charge in [0.1, 0.15) is 16.5 Å². The molecule has 0 spiro atoms. The quantitative estimate of drug-likeness (QED) is 0.574. The van der Waals surface area contributed by atoms with Crippen molar-refractivity contribution < 1.29 is 14.3 Å². The molecule has 1 aliphatic rings. The Morgan fingerprint density at radius 2 is 1.59 bits per heavy atom. The van der Waals surface area contributed by atoms with Crippen molar-refractivity contribution >= 4 is 28.2 Å². The van der Waals surface area contributed by atoms with Gasteiger partial charge in [0, 0.05) is 10.4 Å². The molecule has 1 heterocycles. The second-order valence-electron chi connectivity index (χ2n) is 7.03. The second kappa shape index (κ2) is 8.49. The zero-order valence-corrected chi connectivity index (χ0v) is 16.8. The molecule has 0 fully saturated rings. The highest BCUT2D eigenvalue weighted by Gasteiger charge is 2.24. The van der Waals surface area contributed by atoms with E-state index in [9.17, 15) is 9.59 Å². The van der Waals surface area contributed by atoms with Crippen molar-refractivity contribution in [2.45, 2.75) is 32.1 Å². The van der Waals surface area contributed by atoms with E-state index in [0.29, 0.717) is 21.9 Å². The Hall–Kier alpha value is -3.12. The summed E-state index contributed by atoms with van der Waals surface area (Å²) in [4.78, 5) is 26.0. The molecule has 0 saturated heterocycles. The number of hydrogen-bond donors (Lipinski definition) is 2. The van der Waals surface area contributed by atoms with Gasteiger partial charge in [-0.3, -0.25) is 9.59 Å². The minimum absolute atomic E-state index is 0.268. The summed E-state index contributed by atoms with van der Waals surface area (Å²) >= 11 is 1.47. The summed E-state index contributed by atoms with van der Waals surface area (Å²) in [6, 6.07) is 16.4. The van der Waals surface area contributed by atoms with E-state index < -0.39 is 5.91 Å². The molecule has 1 aromatic heterocycles. The van der Waals surface area contributed by atoms with Crippen LogP contribution in [0.25, 0.3) is 0 Å². The molecule has 0 unspecified atom stereocenters. The highest BCUT2D eigenvalue weighted by atomic mass is 32.1. The standard InChI is InChI=1S/C23H22N2O3S/c24-21(26)20-18-9-5-2-6-10-19(18)29-23(20)25-22(27)15-11-13-17(14-12-15)28-16-7-3-1-4-8-16/h1,3-4,7-8,11-14H,2,5-6,9-10H2,(H2,24,26)(H,25,27). The fourth-order valence-electron chi connectivity index (χ4n) is 3.57. The molecule has 4 rings (SSSR count). The van der Waals surface area contributed by atoms with Gasteiger partial charge in [-0.2, -0.15) is 0 Å². The summed E-state index contributed by atoms with van der Waals surface area (Å²) in [5.74, 6) is 0.630. The van der Waals surface area contributed by atoms with Crippen molar-refractivity contribution in [2.75, 3.05) is 5.32 Å². The number of para-hydroxylation sites is 1. The van der Waals surface area contributed by atoms with E-state index in [2.05, 4.69) is 5.32 Å². The lowest BCUT2D eigenvalue weighted by Crippen LogP contribution is -2.18. The first kappa shape index (κ1) is 19.2. The first-order valence-corrected chi connectivity index (χ1v) is 10.5. The zero-order chi connectivity index (χ0) is 20.2. The predicted octanol–water partition coefficient (Wildman–Crippen LogP) is 5.16. The van der Waals surface area contributed by atoms with Gasteiger partial charge in [0.25, 0.3) is 11.8 Å². The number of hydrogen-bond acceptors (Lipinski definition) is 4. The first-order valence-electron chi connectivity index (χ1n) is 9.70. The second-order valence-corrected chi connectivity index (χ2v) is 8.13. The number of ether oxygens (including phenoxy) is 1. The van der Waals surface area contributed by atoms with Gasteiger partial charge in [0.05, 0.1) is 5.56 Å². The molecule has 0 saturated carbocycles. The van der Waals surface area contributed by atoms with Crippen LogP contribution in [0.3, 0.4) is 0 Å². The van der Waals surface area contributed by atoms with Crippen LogP contribution in [0.4, 0.5) is 5.00 Å². The number of rotatable bonds is 5. The lowest BCUT2D eigenvalue weighted by Gasteiger charge is -2.08. The monoisotopic (exact) mass is 406 g/mol. The average Bonchev–Trinajstić information content (AvgIpc) is 2.90. The number of nitrogens with one attached hydrogen (secondary N) is 1. The molecule has 1 aliphatic carbocycles. The van der Waals surface area contributed by atoms with Gasteiger partial charge < -0.3 is 15.8 Å². The predicted molar refractivity (Wildman–Crippen MR) is 115 cm³/mol. The molecule has 0 radical (unpaired) electrons. The minimum Gasteiger partial charge on any atom is -0.457 e. The van der Waals surface area contributed by atoms with E-state index in [1.807, 2.05) is 30.3 Å². The van der Waals surface area contributed by atoms with Crippen LogP contribution in [0.2, 0.25) is 0 Å². The van der Waals surface area contributed by atoms with Crippen molar-refractivity contribution in [1.29, 1.82) is 0 Å². The van der Waals surface area contributed by atoms with Gasteiger partial charge in [0.15, 0.2) is 0 Å². The summed E-state index contributed by atoms with van der Waals surface area (Å²) in [6.07, 6.45) is 5.06. The highest BCUT2D eigenvalue weighted by Crippen LogP contribution is 2.37. The third-order valence-corrected chi connectivity index (χ3v) is 6.20. The molecule has 0 atom stereocenters. The Labute approximate surface area is 173 Å². The topological polar surface area (TPSA) is 81.4 Å². The molecule has 3 aromatic rings. The molecule has 5 nitrogen and oxygen atoms in total. The van der Waals surface area contributed by atoms with E-state index in [1.165, 1.54) is 16.2 Å². The van der Waals surface area contributed by atoms with Crippen LogP contribution in [0.15, 0.2) is 54.6 Å². The summed E-state index contributed by atoms with van der Waals surface area (Å²) in [7, 11) is 0. The molecule has 29 heavy (non-hydrogen) atoms. The largest absolute Gasteiger partial charge is 0.457 e. The van der Waals surface area contributed by atoms with Crippen molar-refractivity contribution in [3.05, 3.63) is 76.2 Å². The van der Waals surface area contributed by atoms with Crippen LogP contribution in [0.5, 0.6) is 11.5 Å². The Kier molecular flexibility index (Phi) is 5.62. The Morgan fingerprint density at radius 3 is 2.31 bits per heavy atom. The van der Waals surface area contributed by atoms with Crippen LogP contribution in [0, 0.1) is 0 Å². The molecule has 3 N–H and O–H groups in total. The number of primary amides is 1. The van der Waals surface area contributed by atoms with Crippen molar-refractivity contribution in [2.24, 2.45) is 5.73 Å². The van der Waals surface area contributed by atoms with Crippen LogP contribution in [0.1, 0.15) is 50.4 Å². The van der Waals surface area contributed by atoms with Gasteiger partial charge in [-0.1, -0.05) is 24.6 Å². The fourth-order valence-corrected chi connectivity index (χ4v) is 4.86. The van der Waals surface area contributed by atoms with Crippen LogP contribution < -0.4 is 15.8 Å². The normalized spacial score (nSPS) is 13.2. The molecule has 2 aromatic carbocycles. The minimum atomic E-state index is -0.480. The van der Waals surface area contributed by atoms with Gasteiger partial charge >= 0.3 is 0 Å². The number of benzene rings is 2. The number of aryl methyl sites for hydroxylation is 1. The van der Waals surface area contributed by atoms with E-state index in [1.54, 1.807) is 24.3 Å². The van der Waals surface area contributed by atoms with Crippen molar-refractivity contribution in [3.8, 4) is 11.5 Å². The van der Waals surface area contributed by atoms with Gasteiger partial charge in [0.2, 0.25) is 0 Å². The van der Waals surface area contributed by atoms with Crippen LogP contribution in [-0.4, -0.2) is 11.8 Å². The third kappa shape index (κ3) is 4.32. The molecular formula is C23H22N2O3S. The number of amides is 2. The third-order valence-electron chi connectivity index (χ3n) is 4.99. The summed E-state index contributed by atoms with van der Waals surface area (Å²) in [6.45, 7) is 0. The highest BCUT2D eigenvalue weighted by molar-refractivity contribution is 7.17.